The van der Waals surface area contributed by atoms with Crippen LogP contribution in [0.25, 0.3) is 17.2 Å². The van der Waals surface area contributed by atoms with E-state index in [4.69, 9.17) is 14.5 Å². The zero-order chi connectivity index (χ0) is 24.3. The quantitative estimate of drug-likeness (QED) is 0.416. The van der Waals surface area contributed by atoms with Crippen molar-refractivity contribution in [2.45, 2.75) is 18.6 Å². The molecule has 2 aromatic carbocycles. The van der Waals surface area contributed by atoms with E-state index in [0.717, 1.165) is 0 Å². The number of hydrogen-bond acceptors (Lipinski definition) is 6. The molecule has 1 saturated heterocycles. The van der Waals surface area contributed by atoms with Gasteiger partial charge in [0, 0.05) is 43.3 Å². The first kappa shape index (κ1) is 23.8. The van der Waals surface area contributed by atoms with Crippen molar-refractivity contribution in [3.63, 3.8) is 0 Å². The van der Waals surface area contributed by atoms with E-state index in [9.17, 15) is 22.8 Å². The van der Waals surface area contributed by atoms with Gasteiger partial charge in [-0.05, 0) is 35.4 Å². The molecule has 0 saturated carbocycles. The Bertz CT molecular complexity index is 1120. The van der Waals surface area contributed by atoms with E-state index >= 15 is 0 Å². The molecule has 1 unspecified atom stereocenters. The lowest BCUT2D eigenvalue weighted by molar-refractivity contribution is -0.215. The minimum absolute atomic E-state index is 0.0989. The first-order chi connectivity index (χ1) is 16.3. The second-order valence-electron chi connectivity index (χ2n) is 7.77. The number of rotatable bonds is 4. The number of halogens is 3. The molecule has 2 aliphatic rings. The molecule has 4 rings (SSSR count). The largest absolute Gasteiger partial charge is 0.467 e. The van der Waals surface area contributed by atoms with Crippen LogP contribution in [0.5, 0.6) is 5.75 Å². The van der Waals surface area contributed by atoms with Crippen LogP contribution in [0.4, 0.5) is 13.2 Å². The first-order valence-electron chi connectivity index (χ1n) is 10.6. The number of benzene rings is 2. The van der Waals surface area contributed by atoms with Gasteiger partial charge in [-0.1, -0.05) is 18.2 Å². The molecule has 0 aromatic heterocycles. The van der Waals surface area contributed by atoms with Gasteiger partial charge in [0.05, 0.1) is 19.3 Å². The average molecular weight is 475 g/mol. The Morgan fingerprint density at radius 3 is 2.88 bits per heavy atom. The molecule has 10 heteroatoms. The van der Waals surface area contributed by atoms with Crippen LogP contribution in [0.1, 0.15) is 16.7 Å². The third kappa shape index (κ3) is 4.92. The smallest absolute Gasteiger partial charge is 0.417 e. The lowest BCUT2D eigenvalue weighted by atomic mass is 9.92. The van der Waals surface area contributed by atoms with Gasteiger partial charge in [0.15, 0.2) is 5.75 Å². The van der Waals surface area contributed by atoms with E-state index in [1.165, 1.54) is 42.4 Å². The third-order valence-corrected chi connectivity index (χ3v) is 5.67. The number of nitrogens with zero attached hydrogens (tertiary/aromatic N) is 1. The van der Waals surface area contributed by atoms with Crippen molar-refractivity contribution in [1.29, 1.82) is 0 Å². The van der Waals surface area contributed by atoms with Crippen LogP contribution in [0, 0.1) is 6.07 Å². The van der Waals surface area contributed by atoms with E-state index in [2.05, 4.69) is 11.4 Å². The van der Waals surface area contributed by atoms with Crippen LogP contribution in [0.3, 0.4) is 0 Å². The number of ether oxygens (including phenoxy) is 1. The molecule has 1 atom stereocenters. The molecule has 2 aliphatic heterocycles. The van der Waals surface area contributed by atoms with Crippen LogP contribution >= 0.6 is 0 Å². The molecular formula is C24H22F3N2O5. The maximum atomic E-state index is 13.9. The number of fused-ring (bicyclic) bond motifs is 1. The SMILES string of the molecule is COC(=O)C1CNCCN1C(=O)/C=C/c1cc[c]c(C(F)(F)F)c1-c1ccc2c(c1)CCOO2. The number of piperazine rings is 1. The maximum absolute atomic E-state index is 13.9. The number of alkyl halides is 3. The molecule has 0 spiro atoms. The van der Waals surface area contributed by atoms with Gasteiger partial charge in [0.2, 0.25) is 5.91 Å². The van der Waals surface area contributed by atoms with Gasteiger partial charge in [-0.25, -0.2) is 4.79 Å². The number of carbonyl (C=O) groups is 2. The summed E-state index contributed by atoms with van der Waals surface area (Å²) in [7, 11) is 1.23. The van der Waals surface area contributed by atoms with Gasteiger partial charge in [-0.15, -0.1) is 0 Å². The monoisotopic (exact) mass is 475 g/mol. The highest BCUT2D eigenvalue weighted by Crippen LogP contribution is 2.40. The number of methoxy groups -OCH3 is 1. The van der Waals surface area contributed by atoms with Crippen molar-refractivity contribution in [2.75, 3.05) is 33.4 Å². The van der Waals surface area contributed by atoms with Crippen molar-refractivity contribution in [3.05, 3.63) is 59.2 Å². The van der Waals surface area contributed by atoms with Gasteiger partial charge in [0.1, 0.15) is 6.04 Å². The highest BCUT2D eigenvalue weighted by Gasteiger charge is 2.35. The van der Waals surface area contributed by atoms with E-state index in [1.807, 2.05) is 0 Å². The van der Waals surface area contributed by atoms with E-state index < -0.39 is 29.7 Å². The van der Waals surface area contributed by atoms with Crippen LogP contribution < -0.4 is 10.2 Å². The van der Waals surface area contributed by atoms with Gasteiger partial charge < -0.3 is 19.8 Å². The summed E-state index contributed by atoms with van der Waals surface area (Å²) in [5.41, 5.74) is 0.184. The lowest BCUT2D eigenvalue weighted by Crippen LogP contribution is -2.56. The molecule has 1 fully saturated rings. The normalized spacial score (nSPS) is 18.4. The standard InChI is InChI=1S/C24H22F3N2O5/c1-32-23(31)19-14-28-10-11-29(19)21(30)8-6-15-3-2-4-18(24(25,26)27)22(15)17-5-7-20-16(13-17)9-12-33-34-20/h2-3,5-8,13,19,28H,9-12,14H2,1H3/b8-6+. The number of amides is 1. The van der Waals surface area contributed by atoms with Crippen molar-refractivity contribution in [1.82, 2.24) is 10.2 Å². The van der Waals surface area contributed by atoms with Crippen molar-refractivity contribution in [2.24, 2.45) is 0 Å². The minimum Gasteiger partial charge on any atom is -0.467 e. The number of nitrogens with one attached hydrogen (secondary N) is 1. The Kier molecular flexibility index (Phi) is 6.90. The topological polar surface area (TPSA) is 77.1 Å². The number of carbonyl (C=O) groups excluding carboxylic acids is 2. The molecule has 0 aliphatic carbocycles. The summed E-state index contributed by atoms with van der Waals surface area (Å²) >= 11 is 0. The molecule has 2 heterocycles. The fourth-order valence-electron chi connectivity index (χ4n) is 4.03. The zero-order valence-corrected chi connectivity index (χ0v) is 18.3. The predicted molar refractivity (Wildman–Crippen MR) is 115 cm³/mol. The zero-order valence-electron chi connectivity index (χ0n) is 18.3. The van der Waals surface area contributed by atoms with Gasteiger partial charge >= 0.3 is 12.1 Å². The highest BCUT2D eigenvalue weighted by atomic mass is 19.4. The summed E-state index contributed by atoms with van der Waals surface area (Å²) in [5, 5.41) is 3.02. The molecule has 34 heavy (non-hydrogen) atoms. The number of esters is 1. The second kappa shape index (κ2) is 9.86. The summed E-state index contributed by atoms with van der Waals surface area (Å²) in [6, 6.07) is 8.81. The average Bonchev–Trinajstić information content (AvgIpc) is 2.85. The first-order valence-corrected chi connectivity index (χ1v) is 10.6. The van der Waals surface area contributed by atoms with Crippen molar-refractivity contribution >= 4 is 18.0 Å². The second-order valence-corrected chi connectivity index (χ2v) is 7.77. The van der Waals surface area contributed by atoms with Crippen LogP contribution in [0.2, 0.25) is 0 Å². The Morgan fingerprint density at radius 1 is 1.29 bits per heavy atom. The van der Waals surface area contributed by atoms with Gasteiger partial charge in [-0.3, -0.25) is 4.79 Å². The molecule has 1 amide bonds. The van der Waals surface area contributed by atoms with E-state index in [-0.39, 0.29) is 30.8 Å². The predicted octanol–water partition coefficient (Wildman–Crippen LogP) is 3.03. The molecule has 1 radical (unpaired) electrons. The van der Waals surface area contributed by atoms with Crippen LogP contribution in [-0.2, 0) is 31.8 Å². The maximum Gasteiger partial charge on any atom is 0.417 e. The summed E-state index contributed by atoms with van der Waals surface area (Å²) in [4.78, 5) is 36.3. The molecule has 7 nitrogen and oxygen atoms in total. The Balaban J connectivity index is 1.72. The fraction of sp³-hybridized carbons (Fsp3) is 0.333. The molecule has 179 valence electrons. The molecule has 2 aromatic rings. The van der Waals surface area contributed by atoms with E-state index in [1.54, 1.807) is 12.1 Å². The molecule has 1 N–H and O–H groups in total. The Morgan fingerprint density at radius 2 is 2.12 bits per heavy atom. The summed E-state index contributed by atoms with van der Waals surface area (Å²) in [6.07, 6.45) is -1.67. The lowest BCUT2D eigenvalue weighted by Gasteiger charge is -2.33. The Hall–Kier alpha value is -3.37. The van der Waals surface area contributed by atoms with Gasteiger partial charge in [-0.2, -0.15) is 18.1 Å². The summed E-state index contributed by atoms with van der Waals surface area (Å²) in [5.74, 6) is -0.618. The summed E-state index contributed by atoms with van der Waals surface area (Å²) in [6.45, 7) is 1.27. The van der Waals surface area contributed by atoms with Crippen LogP contribution in [0.15, 0.2) is 36.4 Å². The molecular weight excluding hydrogens is 453 g/mol. The summed E-state index contributed by atoms with van der Waals surface area (Å²) < 4.78 is 46.4. The van der Waals surface area contributed by atoms with Gasteiger partial charge in [0.25, 0.3) is 0 Å². The minimum atomic E-state index is -4.66. The van der Waals surface area contributed by atoms with E-state index in [0.29, 0.717) is 29.8 Å². The molecule has 0 bridgehead atoms. The van der Waals surface area contributed by atoms with Crippen molar-refractivity contribution < 1.29 is 37.3 Å². The van der Waals surface area contributed by atoms with Crippen molar-refractivity contribution in [3.8, 4) is 16.9 Å². The fourth-order valence-corrected chi connectivity index (χ4v) is 4.03. The number of hydrogen-bond donors (Lipinski definition) is 1. The van der Waals surface area contributed by atoms with Crippen LogP contribution in [-0.4, -0.2) is 56.2 Å². The Labute approximate surface area is 194 Å². The highest BCUT2D eigenvalue weighted by molar-refractivity contribution is 5.96. The third-order valence-electron chi connectivity index (χ3n) is 5.67.